The van der Waals surface area contributed by atoms with Crippen LogP contribution in [0.1, 0.15) is 24.8 Å². The number of pyridine rings is 2. The summed E-state index contributed by atoms with van der Waals surface area (Å²) in [4.78, 5) is 30.5. The first-order chi connectivity index (χ1) is 16.4. The van der Waals surface area contributed by atoms with Crippen LogP contribution < -0.4 is 5.32 Å². The summed E-state index contributed by atoms with van der Waals surface area (Å²) in [7, 11) is 1.62. The maximum Gasteiger partial charge on any atom is 0.262 e. The number of halogens is 1. The van der Waals surface area contributed by atoms with Gasteiger partial charge in [0.05, 0.1) is 17.1 Å². The topological polar surface area (TPSA) is 129 Å². The number of amides is 1. The summed E-state index contributed by atoms with van der Waals surface area (Å²) in [5.74, 6) is -0.938. The Hall–Kier alpha value is -4.25. The van der Waals surface area contributed by atoms with E-state index < -0.39 is 17.3 Å². The maximum atomic E-state index is 13.9. The van der Waals surface area contributed by atoms with Crippen LogP contribution in [0, 0.1) is 5.82 Å². The molecule has 3 aromatic heterocycles. The number of anilines is 1. The lowest BCUT2D eigenvalue weighted by molar-refractivity contribution is -0.144. The SMILES string of the molecule is C=N/C(=N\C(=C/C)c1cccc(-c2cc(C3(O)CCN(C)C3=O)on2)n1)Nc1ncccc1F. The van der Waals surface area contributed by atoms with Crippen LogP contribution in [0.4, 0.5) is 10.2 Å². The summed E-state index contributed by atoms with van der Waals surface area (Å²) in [6, 6.07) is 9.43. The molecule has 1 saturated heterocycles. The van der Waals surface area contributed by atoms with E-state index in [9.17, 15) is 14.3 Å². The molecule has 4 rings (SSSR count). The number of carbonyl (C=O) groups excluding carboxylic acids is 1. The van der Waals surface area contributed by atoms with Crippen molar-refractivity contribution in [2.45, 2.75) is 18.9 Å². The largest absolute Gasteiger partial charge is 0.373 e. The van der Waals surface area contributed by atoms with Crippen LogP contribution in [0.25, 0.3) is 17.1 Å². The summed E-state index contributed by atoms with van der Waals surface area (Å²) in [5, 5.41) is 17.5. The first kappa shape index (κ1) is 22.9. The highest BCUT2D eigenvalue weighted by Gasteiger charge is 2.48. The third kappa shape index (κ3) is 4.33. The number of hydrogen-bond donors (Lipinski definition) is 2. The number of guanidine groups is 1. The van der Waals surface area contributed by atoms with E-state index in [0.717, 1.165) is 0 Å². The predicted octanol–water partition coefficient (Wildman–Crippen LogP) is 2.85. The molecule has 1 aliphatic heterocycles. The molecule has 34 heavy (non-hydrogen) atoms. The number of aromatic nitrogens is 3. The lowest BCUT2D eigenvalue weighted by Gasteiger charge is -2.16. The highest BCUT2D eigenvalue weighted by molar-refractivity contribution is 5.98. The number of rotatable bonds is 5. The Morgan fingerprint density at radius 3 is 2.85 bits per heavy atom. The molecular formula is C23H22FN7O3. The van der Waals surface area contributed by atoms with Gasteiger partial charge in [0.1, 0.15) is 5.69 Å². The lowest BCUT2D eigenvalue weighted by Crippen LogP contribution is -2.35. The molecule has 0 aliphatic carbocycles. The summed E-state index contributed by atoms with van der Waals surface area (Å²) in [6.07, 6.45) is 3.36. The van der Waals surface area contributed by atoms with E-state index in [1.807, 2.05) is 0 Å². The summed E-state index contributed by atoms with van der Waals surface area (Å²) >= 11 is 0. The number of nitrogens with one attached hydrogen (secondary N) is 1. The minimum Gasteiger partial charge on any atom is -0.373 e. The maximum absolute atomic E-state index is 13.9. The molecule has 0 spiro atoms. The van der Waals surface area contributed by atoms with Crippen molar-refractivity contribution in [1.82, 2.24) is 20.0 Å². The third-order valence-electron chi connectivity index (χ3n) is 5.34. The molecule has 10 nitrogen and oxygen atoms in total. The van der Waals surface area contributed by atoms with E-state index in [1.165, 1.54) is 29.3 Å². The van der Waals surface area contributed by atoms with Gasteiger partial charge in [-0.05, 0) is 37.9 Å². The molecule has 0 radical (unpaired) electrons. The van der Waals surface area contributed by atoms with E-state index in [-0.39, 0.29) is 24.0 Å². The molecule has 1 aliphatic rings. The number of aliphatic hydroxyl groups is 1. The second-order valence-corrected chi connectivity index (χ2v) is 7.55. The Kier molecular flexibility index (Phi) is 6.28. The van der Waals surface area contributed by atoms with Crippen molar-refractivity contribution in [3.8, 4) is 11.4 Å². The van der Waals surface area contributed by atoms with Crippen LogP contribution >= 0.6 is 0 Å². The molecule has 0 aromatic carbocycles. The van der Waals surface area contributed by atoms with Crippen LogP contribution in [0.3, 0.4) is 0 Å². The van der Waals surface area contributed by atoms with Gasteiger partial charge in [0, 0.05) is 32.3 Å². The van der Waals surface area contributed by atoms with Gasteiger partial charge in [0.15, 0.2) is 17.4 Å². The Balaban J connectivity index is 1.61. The number of aliphatic imine (C=N–C) groups is 2. The number of allylic oxidation sites excluding steroid dienone is 1. The van der Waals surface area contributed by atoms with Crippen molar-refractivity contribution in [3.05, 3.63) is 65.9 Å². The molecule has 1 unspecified atom stereocenters. The average Bonchev–Trinajstić information content (AvgIpc) is 3.45. The van der Waals surface area contributed by atoms with Crippen molar-refractivity contribution in [2.24, 2.45) is 9.98 Å². The quantitative estimate of drug-likeness (QED) is 0.440. The van der Waals surface area contributed by atoms with Crippen molar-refractivity contribution < 1.29 is 18.8 Å². The van der Waals surface area contributed by atoms with Crippen molar-refractivity contribution in [1.29, 1.82) is 0 Å². The molecule has 1 atom stereocenters. The fourth-order valence-electron chi connectivity index (χ4n) is 3.46. The van der Waals surface area contributed by atoms with Crippen LogP contribution in [0.2, 0.25) is 0 Å². The van der Waals surface area contributed by atoms with Gasteiger partial charge >= 0.3 is 0 Å². The van der Waals surface area contributed by atoms with E-state index in [4.69, 9.17) is 4.52 Å². The average molecular weight is 463 g/mol. The molecule has 11 heteroatoms. The Morgan fingerprint density at radius 1 is 1.35 bits per heavy atom. The zero-order chi connectivity index (χ0) is 24.3. The molecule has 3 aromatic rings. The van der Waals surface area contributed by atoms with Crippen molar-refractivity contribution >= 4 is 30.1 Å². The smallest absolute Gasteiger partial charge is 0.262 e. The van der Waals surface area contributed by atoms with Crippen LogP contribution in [-0.2, 0) is 10.4 Å². The molecule has 2 N–H and O–H groups in total. The third-order valence-corrected chi connectivity index (χ3v) is 5.34. The van der Waals surface area contributed by atoms with Gasteiger partial charge in [-0.2, -0.15) is 0 Å². The first-order valence-electron chi connectivity index (χ1n) is 10.4. The van der Waals surface area contributed by atoms with Gasteiger partial charge < -0.3 is 19.8 Å². The minimum atomic E-state index is -1.74. The summed E-state index contributed by atoms with van der Waals surface area (Å²) in [5.41, 5.74) is -0.0376. The summed E-state index contributed by atoms with van der Waals surface area (Å²) in [6.45, 7) is 5.65. The summed E-state index contributed by atoms with van der Waals surface area (Å²) < 4.78 is 19.2. The monoisotopic (exact) mass is 463 g/mol. The highest BCUT2D eigenvalue weighted by Crippen LogP contribution is 2.34. The van der Waals surface area contributed by atoms with E-state index in [2.05, 4.69) is 37.1 Å². The highest BCUT2D eigenvalue weighted by atomic mass is 19.1. The van der Waals surface area contributed by atoms with Crippen LogP contribution in [0.15, 0.2) is 63.2 Å². The zero-order valence-electron chi connectivity index (χ0n) is 18.6. The Bertz CT molecular complexity index is 1300. The van der Waals surface area contributed by atoms with E-state index in [1.54, 1.807) is 38.2 Å². The number of likely N-dealkylation sites (tertiary alicyclic amines) is 1. The normalized spacial score (nSPS) is 18.9. The number of hydrogen-bond acceptors (Lipinski definition) is 7. The number of likely N-dealkylation sites (N-methyl/N-ethyl adjacent to an activating group) is 1. The first-order valence-corrected chi connectivity index (χ1v) is 10.4. The fraction of sp³-hybridized carbons (Fsp3) is 0.217. The van der Waals surface area contributed by atoms with Gasteiger partial charge in [-0.3, -0.25) is 4.79 Å². The molecule has 0 bridgehead atoms. The van der Waals surface area contributed by atoms with E-state index >= 15 is 0 Å². The molecule has 1 amide bonds. The fourth-order valence-corrected chi connectivity index (χ4v) is 3.46. The minimum absolute atomic E-state index is 0.0349. The van der Waals surface area contributed by atoms with Crippen molar-refractivity contribution in [3.63, 3.8) is 0 Å². The van der Waals surface area contributed by atoms with Gasteiger partial charge in [0.2, 0.25) is 11.6 Å². The Labute approximate surface area is 194 Å². The lowest BCUT2D eigenvalue weighted by atomic mass is 9.98. The van der Waals surface area contributed by atoms with Gasteiger partial charge in [-0.15, -0.1) is 0 Å². The van der Waals surface area contributed by atoms with Gasteiger partial charge in [-0.25, -0.2) is 24.3 Å². The van der Waals surface area contributed by atoms with Crippen molar-refractivity contribution in [2.75, 3.05) is 18.9 Å². The second kappa shape index (κ2) is 9.32. The van der Waals surface area contributed by atoms with Crippen LogP contribution in [0.5, 0.6) is 0 Å². The zero-order valence-corrected chi connectivity index (χ0v) is 18.6. The molecule has 174 valence electrons. The second-order valence-electron chi connectivity index (χ2n) is 7.55. The van der Waals surface area contributed by atoms with Crippen LogP contribution in [-0.4, -0.2) is 57.3 Å². The molecule has 4 heterocycles. The number of nitrogens with zero attached hydrogens (tertiary/aromatic N) is 6. The predicted molar refractivity (Wildman–Crippen MR) is 124 cm³/mol. The Morgan fingerprint density at radius 2 is 2.18 bits per heavy atom. The van der Waals surface area contributed by atoms with Gasteiger partial charge in [-0.1, -0.05) is 17.3 Å². The van der Waals surface area contributed by atoms with Gasteiger partial charge in [0.25, 0.3) is 5.91 Å². The standard InChI is InChI=1S/C23H22FN7O3/c1-4-15(28-22(25-2)29-20-14(24)7-6-11-26-20)16-8-5-9-17(27-16)18-13-19(34-30-18)23(33)10-12-31(3)21(23)32/h4-9,11,13,33H,2,10,12H2,1,3H3,(H,26,28,29)/b15-4-. The molecule has 0 saturated carbocycles. The van der Waals surface area contributed by atoms with E-state index in [0.29, 0.717) is 29.3 Å². The number of carbonyl (C=O) groups is 1. The molecule has 1 fully saturated rings. The molecular weight excluding hydrogens is 441 g/mol.